The zero-order valence-corrected chi connectivity index (χ0v) is 11.4. The highest BCUT2D eigenvalue weighted by atomic mass is 32.1. The Morgan fingerprint density at radius 1 is 1.38 bits per heavy atom. The monoisotopic (exact) mass is 238 g/mol. The molecule has 1 aromatic rings. The predicted molar refractivity (Wildman–Crippen MR) is 70.8 cm³/mol. The first-order valence-electron chi connectivity index (χ1n) is 6.04. The maximum atomic E-state index is 3.20. The van der Waals surface area contributed by atoms with Crippen LogP contribution in [0, 0.1) is 5.41 Å². The van der Waals surface area contributed by atoms with E-state index in [4.69, 9.17) is 0 Å². The fourth-order valence-corrected chi connectivity index (χ4v) is 3.43. The van der Waals surface area contributed by atoms with Crippen molar-refractivity contribution in [3.05, 3.63) is 21.9 Å². The Balaban J connectivity index is 1.89. The van der Waals surface area contributed by atoms with Crippen molar-refractivity contribution in [2.45, 2.75) is 33.4 Å². The van der Waals surface area contributed by atoms with E-state index in [0.717, 1.165) is 13.1 Å². The van der Waals surface area contributed by atoms with Crippen molar-refractivity contribution in [2.75, 3.05) is 20.1 Å². The summed E-state index contributed by atoms with van der Waals surface area (Å²) in [6, 6.07) is 4.53. The molecule has 0 spiro atoms. The first-order chi connectivity index (χ1) is 7.59. The first kappa shape index (κ1) is 12.1. The smallest absolute Gasteiger partial charge is 0.0328 e. The SMILES string of the molecule is CNCc1ccc(CN2CCC(C)(C)C2)s1. The molecule has 2 nitrogen and oxygen atoms in total. The summed E-state index contributed by atoms with van der Waals surface area (Å²) in [7, 11) is 2.00. The number of hydrogen-bond acceptors (Lipinski definition) is 3. The molecule has 3 heteroatoms. The molecule has 2 heterocycles. The standard InChI is InChI=1S/C13H22N2S/c1-13(2)6-7-15(10-13)9-12-5-4-11(16-12)8-14-3/h4-5,14H,6-10H2,1-3H3. The third-order valence-electron chi connectivity index (χ3n) is 3.20. The number of nitrogens with zero attached hydrogens (tertiary/aromatic N) is 1. The van der Waals surface area contributed by atoms with Crippen molar-refractivity contribution in [1.82, 2.24) is 10.2 Å². The molecule has 0 aliphatic carbocycles. The van der Waals surface area contributed by atoms with E-state index in [2.05, 4.69) is 36.2 Å². The van der Waals surface area contributed by atoms with Crippen LogP contribution in [0.5, 0.6) is 0 Å². The van der Waals surface area contributed by atoms with Crippen LogP contribution in [0.15, 0.2) is 12.1 Å². The summed E-state index contributed by atoms with van der Waals surface area (Å²) in [5, 5.41) is 3.20. The van der Waals surface area contributed by atoms with E-state index in [1.54, 1.807) is 0 Å². The van der Waals surface area contributed by atoms with Crippen LogP contribution in [0.4, 0.5) is 0 Å². The Kier molecular flexibility index (Phi) is 3.67. The molecule has 1 aromatic heterocycles. The maximum absolute atomic E-state index is 3.20. The second kappa shape index (κ2) is 4.86. The Labute approximate surface area is 103 Å². The van der Waals surface area contributed by atoms with E-state index in [-0.39, 0.29) is 0 Å². The maximum Gasteiger partial charge on any atom is 0.0328 e. The van der Waals surface area contributed by atoms with Crippen LogP contribution in [0.2, 0.25) is 0 Å². The van der Waals surface area contributed by atoms with E-state index < -0.39 is 0 Å². The quantitative estimate of drug-likeness (QED) is 0.867. The van der Waals surface area contributed by atoms with Crippen LogP contribution in [0.1, 0.15) is 30.0 Å². The van der Waals surface area contributed by atoms with Gasteiger partial charge in [-0.3, -0.25) is 4.90 Å². The molecule has 0 saturated carbocycles. The van der Waals surface area contributed by atoms with Crippen LogP contribution < -0.4 is 5.32 Å². The summed E-state index contributed by atoms with van der Waals surface area (Å²) in [5.74, 6) is 0. The Morgan fingerprint density at radius 3 is 2.75 bits per heavy atom. The minimum Gasteiger partial charge on any atom is -0.315 e. The molecule has 0 bridgehead atoms. The molecular formula is C13H22N2S. The van der Waals surface area contributed by atoms with Gasteiger partial charge in [0.05, 0.1) is 0 Å². The van der Waals surface area contributed by atoms with Crippen LogP contribution in [0.25, 0.3) is 0 Å². The zero-order chi connectivity index (χ0) is 11.6. The van der Waals surface area contributed by atoms with Crippen molar-refractivity contribution in [3.8, 4) is 0 Å². The Morgan fingerprint density at radius 2 is 2.12 bits per heavy atom. The molecule has 0 aromatic carbocycles. The summed E-state index contributed by atoms with van der Waals surface area (Å²) in [6.07, 6.45) is 1.34. The minimum atomic E-state index is 0.519. The number of nitrogens with one attached hydrogen (secondary N) is 1. The lowest BCUT2D eigenvalue weighted by molar-refractivity contribution is 0.286. The molecule has 0 unspecified atom stereocenters. The van der Waals surface area contributed by atoms with Gasteiger partial charge in [-0.1, -0.05) is 13.8 Å². The molecule has 1 aliphatic heterocycles. The molecule has 1 N–H and O–H groups in total. The molecule has 0 atom stereocenters. The van der Waals surface area contributed by atoms with Crippen LogP contribution in [-0.4, -0.2) is 25.0 Å². The van der Waals surface area contributed by atoms with Gasteiger partial charge < -0.3 is 5.32 Å². The van der Waals surface area contributed by atoms with Gasteiger partial charge in [-0.2, -0.15) is 0 Å². The lowest BCUT2D eigenvalue weighted by atomic mass is 9.93. The van der Waals surface area contributed by atoms with Crippen molar-refractivity contribution >= 4 is 11.3 Å². The van der Waals surface area contributed by atoms with Crippen molar-refractivity contribution in [1.29, 1.82) is 0 Å². The topological polar surface area (TPSA) is 15.3 Å². The van der Waals surface area contributed by atoms with Gasteiger partial charge in [0.2, 0.25) is 0 Å². The zero-order valence-electron chi connectivity index (χ0n) is 10.5. The van der Waals surface area contributed by atoms with E-state index in [1.807, 2.05) is 18.4 Å². The summed E-state index contributed by atoms with van der Waals surface area (Å²) >= 11 is 1.94. The fraction of sp³-hybridized carbons (Fsp3) is 0.692. The average Bonchev–Trinajstić information content (AvgIpc) is 2.75. The van der Waals surface area contributed by atoms with Gasteiger partial charge in [-0.25, -0.2) is 0 Å². The fourth-order valence-electron chi connectivity index (χ4n) is 2.36. The highest BCUT2D eigenvalue weighted by Gasteiger charge is 2.28. The van der Waals surface area contributed by atoms with Gasteiger partial charge in [0.25, 0.3) is 0 Å². The first-order valence-corrected chi connectivity index (χ1v) is 6.85. The van der Waals surface area contributed by atoms with Crippen molar-refractivity contribution in [3.63, 3.8) is 0 Å². The van der Waals surface area contributed by atoms with Crippen LogP contribution in [0.3, 0.4) is 0 Å². The van der Waals surface area contributed by atoms with E-state index >= 15 is 0 Å². The molecular weight excluding hydrogens is 216 g/mol. The van der Waals surface area contributed by atoms with E-state index in [9.17, 15) is 0 Å². The minimum absolute atomic E-state index is 0.519. The molecule has 1 fully saturated rings. The number of likely N-dealkylation sites (tertiary alicyclic amines) is 1. The second-order valence-corrected chi connectivity index (χ2v) is 6.78. The molecule has 2 rings (SSSR count). The lowest BCUT2D eigenvalue weighted by Gasteiger charge is -2.18. The summed E-state index contributed by atoms with van der Waals surface area (Å²) in [4.78, 5) is 5.52. The lowest BCUT2D eigenvalue weighted by Crippen LogP contribution is -2.22. The molecule has 90 valence electrons. The Bertz CT molecular complexity index is 343. The van der Waals surface area contributed by atoms with Crippen LogP contribution >= 0.6 is 11.3 Å². The molecule has 0 amide bonds. The van der Waals surface area contributed by atoms with Crippen molar-refractivity contribution < 1.29 is 0 Å². The van der Waals surface area contributed by atoms with Crippen molar-refractivity contribution in [2.24, 2.45) is 5.41 Å². The van der Waals surface area contributed by atoms with Gasteiger partial charge in [-0.15, -0.1) is 11.3 Å². The second-order valence-electron chi connectivity index (χ2n) is 5.52. The molecule has 0 radical (unpaired) electrons. The highest BCUT2D eigenvalue weighted by Crippen LogP contribution is 2.30. The molecule has 16 heavy (non-hydrogen) atoms. The van der Waals surface area contributed by atoms with Gasteiger partial charge in [0.15, 0.2) is 0 Å². The summed E-state index contributed by atoms with van der Waals surface area (Å²) in [6.45, 7) is 9.37. The van der Waals surface area contributed by atoms with E-state index in [1.165, 1.54) is 29.3 Å². The third kappa shape index (κ3) is 3.06. The van der Waals surface area contributed by atoms with Crippen LogP contribution in [-0.2, 0) is 13.1 Å². The van der Waals surface area contributed by atoms with Gasteiger partial charge in [-0.05, 0) is 37.6 Å². The Hall–Kier alpha value is -0.380. The van der Waals surface area contributed by atoms with Gasteiger partial charge >= 0.3 is 0 Å². The highest BCUT2D eigenvalue weighted by molar-refractivity contribution is 7.11. The summed E-state index contributed by atoms with van der Waals surface area (Å²) < 4.78 is 0. The van der Waals surface area contributed by atoms with E-state index in [0.29, 0.717) is 5.41 Å². The van der Waals surface area contributed by atoms with Gasteiger partial charge in [0.1, 0.15) is 0 Å². The number of thiophene rings is 1. The third-order valence-corrected chi connectivity index (χ3v) is 4.27. The summed E-state index contributed by atoms with van der Waals surface area (Å²) in [5.41, 5.74) is 0.519. The molecule has 1 saturated heterocycles. The number of rotatable bonds is 4. The number of hydrogen-bond donors (Lipinski definition) is 1. The average molecular weight is 238 g/mol. The largest absolute Gasteiger partial charge is 0.315 e. The van der Waals surface area contributed by atoms with Gasteiger partial charge in [0, 0.05) is 29.4 Å². The normalized spacial score (nSPS) is 20.4. The molecule has 1 aliphatic rings. The predicted octanol–water partition coefficient (Wildman–Crippen LogP) is 2.70.